The van der Waals surface area contributed by atoms with E-state index < -0.39 is 0 Å². The van der Waals surface area contributed by atoms with Crippen LogP contribution in [-0.4, -0.2) is 9.52 Å². The third-order valence-electron chi connectivity index (χ3n) is 3.50. The van der Waals surface area contributed by atoms with Gasteiger partial charge in [-0.3, -0.25) is 0 Å². The van der Waals surface area contributed by atoms with Crippen LogP contribution in [0.25, 0.3) is 0 Å². The van der Waals surface area contributed by atoms with Gasteiger partial charge in [-0.15, -0.1) is 0 Å². The van der Waals surface area contributed by atoms with Crippen molar-refractivity contribution >= 4 is 9.52 Å². The second-order valence-electron chi connectivity index (χ2n) is 5.60. The zero-order valence-corrected chi connectivity index (χ0v) is 12.3. The molecule has 0 nitrogen and oxygen atoms in total. The van der Waals surface area contributed by atoms with Crippen molar-refractivity contribution in [3.8, 4) is 0 Å². The lowest BCUT2D eigenvalue weighted by molar-refractivity contribution is 0.467. The molecular weight excluding hydrogens is 184 g/mol. The lowest BCUT2D eigenvalue weighted by Crippen LogP contribution is -2.22. The molecule has 0 amide bonds. The molecule has 0 aliphatic carbocycles. The first-order valence-corrected chi connectivity index (χ1v) is 7.53. The van der Waals surface area contributed by atoms with Crippen molar-refractivity contribution in [3.63, 3.8) is 0 Å². The van der Waals surface area contributed by atoms with Gasteiger partial charge in [0.2, 0.25) is 0 Å². The molecule has 0 N–H and O–H groups in total. The predicted octanol–water partition coefficient (Wildman–Crippen LogP) is 4.17. The van der Waals surface area contributed by atoms with Gasteiger partial charge in [-0.25, -0.2) is 0 Å². The smallest absolute Gasteiger partial charge is 0.0295 e. The van der Waals surface area contributed by atoms with E-state index in [0.717, 1.165) is 11.5 Å². The molecule has 0 spiro atoms. The van der Waals surface area contributed by atoms with Crippen molar-refractivity contribution in [2.24, 2.45) is 5.92 Å². The van der Waals surface area contributed by atoms with Crippen LogP contribution in [0, 0.1) is 5.92 Å². The fourth-order valence-electron chi connectivity index (χ4n) is 1.78. The Morgan fingerprint density at radius 2 is 1.79 bits per heavy atom. The van der Waals surface area contributed by atoms with E-state index in [9.17, 15) is 0 Å². The maximum Gasteiger partial charge on any atom is 0.0295 e. The third kappa shape index (κ3) is 5.64. The van der Waals surface area contributed by atoms with E-state index >= 15 is 0 Å². The average molecular weight is 212 g/mol. The summed E-state index contributed by atoms with van der Waals surface area (Å²) in [7, 11) is 0.0543. The van der Waals surface area contributed by atoms with Gasteiger partial charge in [0.15, 0.2) is 0 Å². The summed E-state index contributed by atoms with van der Waals surface area (Å²) in [4.78, 5) is 0. The van der Waals surface area contributed by atoms with Crippen LogP contribution in [0.4, 0.5) is 0 Å². The Kier molecular flexibility index (Phi) is 6.42. The second kappa shape index (κ2) is 6.44. The molecule has 1 atom stereocenters. The SMILES string of the molecule is C/C=C/CCC(C)[SiH2]C(C)(C)C(C)C. The molecule has 0 radical (unpaired) electrons. The summed E-state index contributed by atoms with van der Waals surface area (Å²) in [5, 5.41) is 0.634. The molecule has 0 rings (SSSR count). The molecular formula is C13H28Si. The summed E-state index contributed by atoms with van der Waals surface area (Å²) >= 11 is 0. The van der Waals surface area contributed by atoms with E-state index in [1.807, 2.05) is 0 Å². The summed E-state index contributed by atoms with van der Waals surface area (Å²) in [6.07, 6.45) is 7.14. The van der Waals surface area contributed by atoms with Gasteiger partial charge in [-0.05, 0) is 24.3 Å². The first kappa shape index (κ1) is 14.0. The molecule has 0 aromatic carbocycles. The Labute approximate surface area is 93.0 Å². The molecule has 0 saturated carbocycles. The van der Waals surface area contributed by atoms with Gasteiger partial charge in [0.05, 0.1) is 0 Å². The molecule has 1 unspecified atom stereocenters. The van der Waals surface area contributed by atoms with Crippen LogP contribution in [0.15, 0.2) is 12.2 Å². The van der Waals surface area contributed by atoms with Gasteiger partial charge in [0.25, 0.3) is 0 Å². The Hall–Kier alpha value is -0.0431. The Bertz CT molecular complexity index is 168. The lowest BCUT2D eigenvalue weighted by Gasteiger charge is -2.31. The van der Waals surface area contributed by atoms with Gasteiger partial charge in [-0.1, -0.05) is 58.7 Å². The molecule has 0 aromatic rings. The summed E-state index contributed by atoms with van der Waals surface area (Å²) < 4.78 is 0. The van der Waals surface area contributed by atoms with Crippen molar-refractivity contribution < 1.29 is 0 Å². The molecule has 14 heavy (non-hydrogen) atoms. The van der Waals surface area contributed by atoms with Crippen LogP contribution in [0.2, 0.25) is 10.6 Å². The monoisotopic (exact) mass is 212 g/mol. The standard InChI is InChI=1S/C13H28Si/c1-7-8-9-10-12(4)14-13(5,6)11(2)3/h7-8,11-12H,9-10,14H2,1-6H3/b8-7+. The molecule has 0 aromatic heterocycles. The number of rotatable bonds is 6. The molecule has 0 aliphatic rings. The van der Waals surface area contributed by atoms with Crippen LogP contribution in [0.3, 0.4) is 0 Å². The van der Waals surface area contributed by atoms with Crippen molar-refractivity contribution in [2.45, 2.75) is 65.0 Å². The van der Waals surface area contributed by atoms with E-state index in [4.69, 9.17) is 0 Å². The lowest BCUT2D eigenvalue weighted by atomic mass is 9.99. The van der Waals surface area contributed by atoms with E-state index in [1.54, 1.807) is 0 Å². The average Bonchev–Trinajstić information content (AvgIpc) is 2.03. The largest absolute Gasteiger partial charge is 0.0917 e. The zero-order valence-electron chi connectivity index (χ0n) is 10.9. The highest BCUT2D eigenvalue weighted by molar-refractivity contribution is 6.41. The zero-order chi connectivity index (χ0) is 11.2. The summed E-state index contributed by atoms with van der Waals surface area (Å²) in [5.41, 5.74) is 0.989. The van der Waals surface area contributed by atoms with Crippen LogP contribution in [0.5, 0.6) is 0 Å². The molecule has 0 bridgehead atoms. The number of hydrogen-bond acceptors (Lipinski definition) is 0. The summed E-state index contributed by atoms with van der Waals surface area (Å²) in [6.45, 7) is 14.2. The minimum atomic E-state index is 0.0543. The highest BCUT2D eigenvalue weighted by Gasteiger charge is 2.24. The quantitative estimate of drug-likeness (QED) is 0.458. The number of allylic oxidation sites excluding steroid dienone is 2. The van der Waals surface area contributed by atoms with E-state index in [1.165, 1.54) is 12.8 Å². The van der Waals surface area contributed by atoms with E-state index in [-0.39, 0.29) is 9.52 Å². The molecule has 1 heteroatoms. The van der Waals surface area contributed by atoms with Crippen molar-refractivity contribution in [2.75, 3.05) is 0 Å². The normalized spacial score (nSPS) is 16.2. The highest BCUT2D eigenvalue weighted by atomic mass is 28.2. The van der Waals surface area contributed by atoms with Gasteiger partial charge >= 0.3 is 0 Å². The molecule has 0 heterocycles. The fraction of sp³-hybridized carbons (Fsp3) is 0.846. The van der Waals surface area contributed by atoms with Gasteiger partial charge in [-0.2, -0.15) is 0 Å². The molecule has 0 aliphatic heterocycles. The Morgan fingerprint density at radius 3 is 2.21 bits per heavy atom. The van der Waals surface area contributed by atoms with Crippen LogP contribution < -0.4 is 0 Å². The van der Waals surface area contributed by atoms with Crippen molar-refractivity contribution in [3.05, 3.63) is 12.2 Å². The van der Waals surface area contributed by atoms with Crippen molar-refractivity contribution in [1.29, 1.82) is 0 Å². The fourth-order valence-corrected chi connectivity index (χ4v) is 4.49. The van der Waals surface area contributed by atoms with Gasteiger partial charge in [0, 0.05) is 9.52 Å². The Morgan fingerprint density at radius 1 is 1.21 bits per heavy atom. The first-order chi connectivity index (χ1) is 6.40. The molecule has 0 fully saturated rings. The van der Waals surface area contributed by atoms with E-state index in [2.05, 4.69) is 53.7 Å². The maximum absolute atomic E-state index is 2.45. The first-order valence-electron chi connectivity index (χ1n) is 6.01. The van der Waals surface area contributed by atoms with Crippen LogP contribution >= 0.6 is 0 Å². The number of hydrogen-bond donors (Lipinski definition) is 0. The minimum absolute atomic E-state index is 0.0543. The maximum atomic E-state index is 2.45. The van der Waals surface area contributed by atoms with Gasteiger partial charge < -0.3 is 0 Å². The Balaban J connectivity index is 3.86. The summed E-state index contributed by atoms with van der Waals surface area (Å²) in [5.74, 6) is 0.846. The predicted molar refractivity (Wildman–Crippen MR) is 70.9 cm³/mol. The molecule has 0 saturated heterocycles. The minimum Gasteiger partial charge on any atom is -0.0917 e. The highest BCUT2D eigenvalue weighted by Crippen LogP contribution is 2.36. The topological polar surface area (TPSA) is 0 Å². The molecule has 84 valence electrons. The van der Waals surface area contributed by atoms with Crippen molar-refractivity contribution in [1.82, 2.24) is 0 Å². The van der Waals surface area contributed by atoms with Crippen LogP contribution in [0.1, 0.15) is 54.4 Å². The van der Waals surface area contributed by atoms with E-state index in [0.29, 0.717) is 5.04 Å². The third-order valence-corrected chi connectivity index (χ3v) is 6.47. The summed E-state index contributed by atoms with van der Waals surface area (Å²) in [6, 6.07) is 0. The van der Waals surface area contributed by atoms with Crippen LogP contribution in [-0.2, 0) is 0 Å². The van der Waals surface area contributed by atoms with Gasteiger partial charge in [0.1, 0.15) is 0 Å². The second-order valence-corrected chi connectivity index (χ2v) is 9.22.